The summed E-state index contributed by atoms with van der Waals surface area (Å²) >= 11 is 0. The summed E-state index contributed by atoms with van der Waals surface area (Å²) in [6.45, 7) is 0. The lowest BCUT2D eigenvalue weighted by Crippen LogP contribution is -1.90. The van der Waals surface area contributed by atoms with Crippen LogP contribution in [0.15, 0.2) is 91.1 Å². The number of hydrogen-bond acceptors (Lipinski definition) is 1. The van der Waals surface area contributed by atoms with Gasteiger partial charge in [-0.25, -0.2) is 0 Å². The number of aromatic nitrogens is 1. The van der Waals surface area contributed by atoms with Crippen LogP contribution in [-0.4, -0.2) is 4.98 Å². The smallest absolute Gasteiger partial charge is 0.0711 e. The minimum Gasteiger partial charge on any atom is -0.256 e. The molecular weight excluding hydrogens is 326 g/mol. The van der Waals surface area contributed by atoms with Crippen molar-refractivity contribution in [2.24, 2.45) is 0 Å². The van der Waals surface area contributed by atoms with E-state index in [2.05, 4.69) is 84.9 Å². The van der Waals surface area contributed by atoms with Crippen molar-refractivity contribution in [3.05, 3.63) is 102 Å². The van der Waals surface area contributed by atoms with Gasteiger partial charge in [0, 0.05) is 17.1 Å². The summed E-state index contributed by atoms with van der Waals surface area (Å²) in [5, 5.41) is 5.04. The second-order valence-corrected chi connectivity index (χ2v) is 7.28. The molecule has 1 nitrogen and oxygen atoms in total. The maximum absolute atomic E-state index is 4.77. The van der Waals surface area contributed by atoms with E-state index < -0.39 is 0 Å². The Kier molecular flexibility index (Phi) is 3.00. The first-order valence-electron chi connectivity index (χ1n) is 9.36. The number of nitrogens with zero attached hydrogens (tertiary/aromatic N) is 1. The lowest BCUT2D eigenvalue weighted by Gasteiger charge is -2.09. The van der Waals surface area contributed by atoms with Crippen LogP contribution in [0.5, 0.6) is 0 Å². The molecule has 1 aliphatic carbocycles. The number of benzene rings is 4. The van der Waals surface area contributed by atoms with E-state index in [0.29, 0.717) is 0 Å². The summed E-state index contributed by atoms with van der Waals surface area (Å²) in [5.74, 6) is 0. The third kappa shape index (κ3) is 2.22. The van der Waals surface area contributed by atoms with E-state index in [-0.39, 0.29) is 0 Å². The van der Waals surface area contributed by atoms with Crippen LogP contribution in [0.1, 0.15) is 11.1 Å². The Hall–Kier alpha value is -3.45. The average Bonchev–Trinajstić information content (AvgIpc) is 3.09. The minimum atomic E-state index is 0.972. The van der Waals surface area contributed by atoms with Crippen LogP contribution >= 0.6 is 0 Å². The van der Waals surface area contributed by atoms with Crippen LogP contribution in [0.2, 0.25) is 0 Å². The fourth-order valence-corrected chi connectivity index (χ4v) is 4.38. The highest BCUT2D eigenvalue weighted by molar-refractivity contribution is 5.94. The third-order valence-corrected chi connectivity index (χ3v) is 5.71. The molecule has 0 unspecified atom stereocenters. The van der Waals surface area contributed by atoms with Crippen molar-refractivity contribution in [2.75, 3.05) is 0 Å². The van der Waals surface area contributed by atoms with Crippen LogP contribution in [0.25, 0.3) is 43.9 Å². The zero-order valence-electron chi connectivity index (χ0n) is 14.8. The molecule has 0 radical (unpaired) electrons. The Balaban J connectivity index is 1.56. The molecular formula is C26H17N. The van der Waals surface area contributed by atoms with E-state index in [1.54, 1.807) is 0 Å². The normalized spacial score (nSPS) is 12.3. The predicted molar refractivity (Wildman–Crippen MR) is 113 cm³/mol. The van der Waals surface area contributed by atoms with Gasteiger partial charge in [-0.1, -0.05) is 72.8 Å². The molecule has 27 heavy (non-hydrogen) atoms. The maximum atomic E-state index is 4.77. The van der Waals surface area contributed by atoms with Gasteiger partial charge in [0.25, 0.3) is 0 Å². The molecule has 0 spiro atoms. The summed E-state index contributed by atoms with van der Waals surface area (Å²) in [4.78, 5) is 4.77. The highest BCUT2D eigenvalue weighted by Crippen LogP contribution is 2.43. The Labute approximate surface area is 157 Å². The summed E-state index contributed by atoms with van der Waals surface area (Å²) in [7, 11) is 0. The largest absolute Gasteiger partial charge is 0.256 e. The van der Waals surface area contributed by atoms with Crippen LogP contribution in [0.3, 0.4) is 0 Å². The summed E-state index contributed by atoms with van der Waals surface area (Å²) in [6, 6.07) is 30.6. The van der Waals surface area contributed by atoms with Gasteiger partial charge in [-0.3, -0.25) is 4.98 Å². The van der Waals surface area contributed by atoms with E-state index >= 15 is 0 Å². The number of hydrogen-bond donors (Lipinski definition) is 0. The molecule has 0 bridgehead atoms. The molecule has 0 amide bonds. The molecule has 0 N–H and O–H groups in total. The van der Waals surface area contributed by atoms with Gasteiger partial charge in [-0.05, 0) is 57.0 Å². The van der Waals surface area contributed by atoms with Gasteiger partial charge in [0.1, 0.15) is 0 Å². The molecule has 0 saturated heterocycles. The van der Waals surface area contributed by atoms with E-state index in [0.717, 1.165) is 12.1 Å². The topological polar surface area (TPSA) is 12.9 Å². The van der Waals surface area contributed by atoms with Crippen molar-refractivity contribution in [1.82, 2.24) is 4.98 Å². The van der Waals surface area contributed by atoms with Crippen LogP contribution in [0.4, 0.5) is 0 Å². The van der Waals surface area contributed by atoms with Crippen molar-refractivity contribution < 1.29 is 0 Å². The summed E-state index contributed by atoms with van der Waals surface area (Å²) in [5.41, 5.74) is 7.83. The fourth-order valence-electron chi connectivity index (χ4n) is 4.38. The molecule has 4 aromatic carbocycles. The molecule has 1 heteroatoms. The monoisotopic (exact) mass is 343 g/mol. The van der Waals surface area contributed by atoms with Crippen LogP contribution in [0, 0.1) is 0 Å². The zero-order valence-corrected chi connectivity index (χ0v) is 14.8. The molecule has 0 atom stereocenters. The molecule has 1 heterocycles. The van der Waals surface area contributed by atoms with Gasteiger partial charge in [-0.15, -0.1) is 0 Å². The van der Waals surface area contributed by atoms with Gasteiger partial charge in [0.15, 0.2) is 0 Å². The standard InChI is InChI=1S/C26H17N/c1-2-7-18-13-24-21(12-17(18)6-1)14-25-22(24)10-5-11-23(25)26-15-19-8-3-4-9-20(19)16-27-26/h1-13,15-16H,14H2. The number of fused-ring (bicyclic) bond motifs is 5. The van der Waals surface area contributed by atoms with Gasteiger partial charge in [-0.2, -0.15) is 0 Å². The Bertz CT molecular complexity index is 1350. The highest BCUT2D eigenvalue weighted by Gasteiger charge is 2.22. The first-order valence-corrected chi connectivity index (χ1v) is 9.36. The van der Waals surface area contributed by atoms with Crippen molar-refractivity contribution in [3.63, 3.8) is 0 Å². The number of pyridine rings is 1. The Morgan fingerprint density at radius 1 is 0.556 bits per heavy atom. The molecule has 5 aromatic rings. The molecule has 0 fully saturated rings. The average molecular weight is 343 g/mol. The lowest BCUT2D eigenvalue weighted by atomic mass is 9.97. The van der Waals surface area contributed by atoms with E-state index in [1.807, 2.05) is 6.20 Å². The van der Waals surface area contributed by atoms with Crippen LogP contribution in [-0.2, 0) is 6.42 Å². The molecule has 0 saturated carbocycles. The predicted octanol–water partition coefficient (Wildman–Crippen LogP) is 6.63. The van der Waals surface area contributed by atoms with Crippen molar-refractivity contribution in [3.8, 4) is 22.4 Å². The molecule has 126 valence electrons. The van der Waals surface area contributed by atoms with Gasteiger partial charge < -0.3 is 0 Å². The molecule has 6 rings (SSSR count). The Morgan fingerprint density at radius 3 is 2.04 bits per heavy atom. The molecule has 1 aliphatic rings. The number of rotatable bonds is 1. The SMILES string of the molecule is c1cc(-c2cc3ccccc3cn2)c2c(c1)-c1cc3ccccc3cc1C2. The second-order valence-electron chi connectivity index (χ2n) is 7.28. The lowest BCUT2D eigenvalue weighted by molar-refractivity contribution is 1.25. The first kappa shape index (κ1) is 14.7. The van der Waals surface area contributed by atoms with Gasteiger partial charge in [0.2, 0.25) is 0 Å². The van der Waals surface area contributed by atoms with E-state index in [4.69, 9.17) is 4.98 Å². The van der Waals surface area contributed by atoms with Crippen molar-refractivity contribution in [2.45, 2.75) is 6.42 Å². The summed E-state index contributed by atoms with van der Waals surface area (Å²) in [6.07, 6.45) is 2.96. The molecule has 0 aliphatic heterocycles. The van der Waals surface area contributed by atoms with E-state index in [1.165, 1.54) is 49.4 Å². The minimum absolute atomic E-state index is 0.972. The van der Waals surface area contributed by atoms with Gasteiger partial charge >= 0.3 is 0 Å². The maximum Gasteiger partial charge on any atom is 0.0711 e. The van der Waals surface area contributed by atoms with Crippen molar-refractivity contribution >= 4 is 21.5 Å². The molecule has 1 aromatic heterocycles. The highest BCUT2D eigenvalue weighted by atomic mass is 14.7. The first-order chi connectivity index (χ1) is 13.4. The third-order valence-electron chi connectivity index (χ3n) is 5.71. The summed E-state index contributed by atoms with van der Waals surface area (Å²) < 4.78 is 0. The van der Waals surface area contributed by atoms with E-state index in [9.17, 15) is 0 Å². The fraction of sp³-hybridized carbons (Fsp3) is 0.0385. The van der Waals surface area contributed by atoms with Crippen LogP contribution < -0.4 is 0 Å². The van der Waals surface area contributed by atoms with Gasteiger partial charge in [0.05, 0.1) is 5.69 Å². The zero-order chi connectivity index (χ0) is 17.8. The quantitative estimate of drug-likeness (QED) is 0.327. The Morgan fingerprint density at radius 2 is 1.22 bits per heavy atom. The second kappa shape index (κ2) is 5.52. The van der Waals surface area contributed by atoms with Crippen molar-refractivity contribution in [1.29, 1.82) is 0 Å².